The van der Waals surface area contributed by atoms with Crippen molar-refractivity contribution in [2.45, 2.75) is 74.8 Å². The number of fused-ring (bicyclic) bond motifs is 26. The van der Waals surface area contributed by atoms with Gasteiger partial charge in [0.05, 0.1) is 62.4 Å². The maximum absolute atomic E-state index is 13.4. The molecule has 0 saturated carbocycles. The van der Waals surface area contributed by atoms with E-state index in [1.54, 1.807) is 7.05 Å². The summed E-state index contributed by atoms with van der Waals surface area (Å²) in [5.74, 6) is -0.891. The Morgan fingerprint density at radius 1 is 0.600 bits per heavy atom. The van der Waals surface area contributed by atoms with Gasteiger partial charge in [-0.05, 0) is 49.2 Å². The predicted octanol–water partition coefficient (Wildman–Crippen LogP) is 6.82. The van der Waals surface area contributed by atoms with Crippen molar-refractivity contribution in [3.05, 3.63) is 119 Å². The van der Waals surface area contributed by atoms with Crippen LogP contribution in [0.25, 0.3) is 87.2 Å². The molecule has 16 nitrogen and oxygen atoms in total. The first-order valence-electron chi connectivity index (χ1n) is 23.6. The van der Waals surface area contributed by atoms with Gasteiger partial charge in [0.1, 0.15) is 18.0 Å². The summed E-state index contributed by atoms with van der Waals surface area (Å²) in [7, 11) is 2.97. The number of carbonyl (C=O) groups excluding carboxylic acids is 4. The monoisotopic (exact) mass is 931 g/mol. The number of aromatic nitrogens is 4. The summed E-state index contributed by atoms with van der Waals surface area (Å²) in [4.78, 5) is 53.1. The molecule has 2 fully saturated rings. The number of hydrogen-bond acceptors (Lipinski definition) is 9. The van der Waals surface area contributed by atoms with Gasteiger partial charge >= 0.3 is 5.97 Å². The van der Waals surface area contributed by atoms with Gasteiger partial charge in [-0.2, -0.15) is 0 Å². The lowest BCUT2D eigenvalue weighted by molar-refractivity contribution is -0.166. The van der Waals surface area contributed by atoms with Crippen molar-refractivity contribution in [1.29, 1.82) is 0 Å². The molecule has 70 heavy (non-hydrogen) atoms. The number of esters is 1. The van der Waals surface area contributed by atoms with E-state index in [4.69, 9.17) is 25.7 Å². The zero-order chi connectivity index (χ0) is 47.7. The highest BCUT2D eigenvalue weighted by atomic mass is 16.6. The first-order valence-corrected chi connectivity index (χ1v) is 23.6. The Morgan fingerprint density at radius 2 is 0.986 bits per heavy atom. The fourth-order valence-corrected chi connectivity index (χ4v) is 14.0. The van der Waals surface area contributed by atoms with Crippen LogP contribution in [0.3, 0.4) is 0 Å². The van der Waals surface area contributed by atoms with Crippen LogP contribution in [-0.2, 0) is 48.3 Å². The average Bonchev–Trinajstić information content (AvgIpc) is 4.25. The molecular formula is C54H45N9O7. The van der Waals surface area contributed by atoms with E-state index in [0.717, 1.165) is 109 Å². The van der Waals surface area contributed by atoms with Gasteiger partial charge in [-0.3, -0.25) is 14.4 Å². The Morgan fingerprint density at radius 3 is 1.41 bits per heavy atom. The lowest BCUT2D eigenvalue weighted by Gasteiger charge is -2.39. The molecule has 4 aromatic heterocycles. The standard InChI is InChI=1S/C27H23N5O3.C27H22N4O4/c1-26-27(28,25(34)29-2)11-18(35-26)31-16-9-5-3-7-13(16)20-21-15(12-30-24(21)33)19-14-8-4-6-10-17(14)32(26)23(19)22(20)31;1-26-27(28,25(33)34-2)11-18(35-26)30-16-9-5-3-7-13(16)20-21-15(12-29-24(21)32)19-14-8-4-6-10-17(14)31(26)23(19)22(20)30/h3-10,18H,11-12,28H2,1-2H3,(H,29,34)(H,30,33);3-10,18H,11-12,28H2,1-2H3,(H,29,32)/t2*18?,26?,27-/m00/s1. The number of amides is 3. The molecule has 16 heteroatoms. The Hall–Kier alpha value is -7.76. The molecule has 4 unspecified atom stereocenters. The maximum atomic E-state index is 13.4. The fraction of sp³-hybridized carbons (Fsp3) is 0.259. The number of benzene rings is 6. The number of likely N-dealkylation sites (N-methyl/N-ethyl adjacent to an activating group) is 1. The van der Waals surface area contributed by atoms with Crippen molar-refractivity contribution in [2.24, 2.45) is 11.5 Å². The van der Waals surface area contributed by atoms with Crippen LogP contribution in [0.15, 0.2) is 97.1 Å². The molecule has 348 valence electrons. The van der Waals surface area contributed by atoms with Gasteiger partial charge in [-0.1, -0.05) is 72.8 Å². The van der Waals surface area contributed by atoms with E-state index < -0.39 is 41.0 Å². The molecule has 6 atom stereocenters. The third kappa shape index (κ3) is 4.20. The highest BCUT2D eigenvalue weighted by molar-refractivity contribution is 6.32. The molecular weight excluding hydrogens is 887 g/mol. The van der Waals surface area contributed by atoms with E-state index in [-0.39, 0.29) is 24.1 Å². The van der Waals surface area contributed by atoms with Gasteiger partial charge in [-0.15, -0.1) is 0 Å². The second-order valence-corrected chi connectivity index (χ2v) is 20.0. The topological polar surface area (TPSA) is 204 Å². The van der Waals surface area contributed by atoms with Crippen LogP contribution in [0.4, 0.5) is 0 Å². The van der Waals surface area contributed by atoms with E-state index in [1.807, 2.05) is 86.6 Å². The van der Waals surface area contributed by atoms with E-state index in [0.29, 0.717) is 19.5 Å². The van der Waals surface area contributed by atoms with Crippen LogP contribution in [0, 0.1) is 0 Å². The SMILES string of the molecule is CNC(=O)[C@@]1(N)CC2OC1(C)n1c3ccccc3c3c4c(c5c6ccccc6n2c5c31)C(=O)NC4.COC(=O)[C@@]1(N)CC2OC1(C)n1c3ccccc3c3c4c(c5c6ccccc6n2c5c31)C(=O)NC4. The number of hydrogen-bond donors (Lipinski definition) is 5. The molecule has 10 aromatic rings. The van der Waals surface area contributed by atoms with Crippen LogP contribution in [-0.4, -0.2) is 67.2 Å². The minimum atomic E-state index is -1.43. The van der Waals surface area contributed by atoms with Crippen LogP contribution in [0.1, 0.15) is 71.0 Å². The number of ether oxygens (including phenoxy) is 3. The highest BCUT2D eigenvalue weighted by Crippen LogP contribution is 2.59. The van der Waals surface area contributed by atoms with Crippen LogP contribution in [0.2, 0.25) is 0 Å². The molecule has 0 radical (unpaired) electrons. The van der Waals surface area contributed by atoms with Gasteiger partial charge in [0.25, 0.3) is 11.8 Å². The van der Waals surface area contributed by atoms with Gasteiger partial charge in [0, 0.05) is 76.1 Å². The molecule has 3 amide bonds. The summed E-state index contributed by atoms with van der Waals surface area (Å²) in [6, 6.07) is 32.3. The summed E-state index contributed by atoms with van der Waals surface area (Å²) < 4.78 is 27.4. The molecule has 16 rings (SSSR count). The van der Waals surface area contributed by atoms with Gasteiger partial charge in [0.2, 0.25) is 5.91 Å². The van der Waals surface area contributed by atoms with Crippen molar-refractivity contribution in [2.75, 3.05) is 14.2 Å². The average molecular weight is 932 g/mol. The lowest BCUT2D eigenvalue weighted by Crippen LogP contribution is -2.65. The number of nitrogens with one attached hydrogen (secondary N) is 3. The number of para-hydroxylation sites is 4. The first-order chi connectivity index (χ1) is 33.8. The predicted molar refractivity (Wildman–Crippen MR) is 264 cm³/mol. The second-order valence-electron chi connectivity index (χ2n) is 20.0. The van der Waals surface area contributed by atoms with Gasteiger partial charge in [0.15, 0.2) is 17.0 Å². The second kappa shape index (κ2) is 12.7. The quantitative estimate of drug-likeness (QED) is 0.115. The molecule has 6 aromatic carbocycles. The number of nitrogens with zero attached hydrogens (tertiary/aromatic N) is 4. The molecule has 0 aliphatic carbocycles. The smallest absolute Gasteiger partial charge is 0.331 e. The number of methoxy groups -OCH3 is 1. The summed E-state index contributed by atoms with van der Waals surface area (Å²) in [6.45, 7) is 4.70. The van der Waals surface area contributed by atoms with Crippen LogP contribution < -0.4 is 27.4 Å². The number of carbonyl (C=O) groups is 4. The molecule has 2 saturated heterocycles. The summed E-state index contributed by atoms with van der Waals surface area (Å²) in [5, 5.41) is 16.8. The Labute approximate surface area is 396 Å². The molecule has 6 aliphatic heterocycles. The summed E-state index contributed by atoms with van der Waals surface area (Å²) in [5.41, 5.74) is 19.8. The zero-order valence-corrected chi connectivity index (χ0v) is 38.5. The van der Waals surface area contributed by atoms with Gasteiger partial charge in [-0.25, -0.2) is 4.79 Å². The molecule has 10 heterocycles. The summed E-state index contributed by atoms with van der Waals surface area (Å²) in [6.07, 6.45) is -0.459. The minimum Gasteiger partial charge on any atom is -0.468 e. The Bertz CT molecular complexity index is 3930. The zero-order valence-electron chi connectivity index (χ0n) is 38.5. The Balaban J connectivity index is 0.000000126. The summed E-state index contributed by atoms with van der Waals surface area (Å²) >= 11 is 0. The maximum Gasteiger partial charge on any atom is 0.331 e. The minimum absolute atomic E-state index is 0.0540. The van der Waals surface area contributed by atoms with Crippen molar-refractivity contribution in [1.82, 2.24) is 34.2 Å². The molecule has 7 N–H and O–H groups in total. The van der Waals surface area contributed by atoms with Crippen molar-refractivity contribution in [3.63, 3.8) is 0 Å². The lowest BCUT2D eigenvalue weighted by atomic mass is 9.85. The third-order valence-electron chi connectivity index (χ3n) is 17.0. The van der Waals surface area contributed by atoms with E-state index in [9.17, 15) is 19.2 Å². The fourth-order valence-electron chi connectivity index (χ4n) is 14.0. The van der Waals surface area contributed by atoms with E-state index in [1.165, 1.54) is 7.11 Å². The molecule has 4 bridgehead atoms. The highest BCUT2D eigenvalue weighted by Gasteiger charge is 2.65. The largest absolute Gasteiger partial charge is 0.468 e. The number of rotatable bonds is 2. The normalized spacial score (nSPS) is 26.7. The molecule has 0 spiro atoms. The molecule has 6 aliphatic rings. The van der Waals surface area contributed by atoms with Crippen molar-refractivity contribution >= 4 is 111 Å². The van der Waals surface area contributed by atoms with Crippen LogP contribution >= 0.6 is 0 Å². The van der Waals surface area contributed by atoms with Crippen LogP contribution in [0.5, 0.6) is 0 Å². The Kier molecular flexibility index (Phi) is 7.29. The van der Waals surface area contributed by atoms with Crippen molar-refractivity contribution < 1.29 is 33.4 Å². The van der Waals surface area contributed by atoms with Crippen molar-refractivity contribution in [3.8, 4) is 0 Å². The third-order valence-corrected chi connectivity index (χ3v) is 17.0. The van der Waals surface area contributed by atoms with E-state index >= 15 is 0 Å². The first kappa shape index (κ1) is 40.2. The van der Waals surface area contributed by atoms with Gasteiger partial charge < -0.3 is 59.9 Å². The van der Waals surface area contributed by atoms with E-state index in [2.05, 4.69) is 58.5 Å². The number of nitrogens with two attached hydrogens (primary N) is 2.